The lowest BCUT2D eigenvalue weighted by molar-refractivity contribution is 0.600. The summed E-state index contributed by atoms with van der Waals surface area (Å²) in [6.07, 6.45) is 5.43. The lowest BCUT2D eigenvalue weighted by atomic mass is 10.1. The fraction of sp³-hybridized carbons (Fsp3) is 0.429. The fourth-order valence-corrected chi connectivity index (χ4v) is 2.26. The van der Waals surface area contributed by atoms with E-state index >= 15 is 0 Å². The number of hydrogen-bond donors (Lipinski definition) is 1. The molecule has 0 aliphatic carbocycles. The predicted octanol–water partition coefficient (Wildman–Crippen LogP) is 3.09. The van der Waals surface area contributed by atoms with E-state index in [4.69, 9.17) is 0 Å². The first-order valence-corrected chi connectivity index (χ1v) is 6.33. The highest BCUT2D eigenvalue weighted by Crippen LogP contribution is 2.23. The molecule has 0 spiro atoms. The van der Waals surface area contributed by atoms with Gasteiger partial charge in [-0.3, -0.25) is 0 Å². The van der Waals surface area contributed by atoms with E-state index in [-0.39, 0.29) is 0 Å². The number of aromatic amines is 1. The average Bonchev–Trinajstić information content (AvgIpc) is 2.81. The Kier molecular flexibility index (Phi) is 3.65. The number of anilines is 1. The molecule has 4 heteroatoms. The topological polar surface area (TPSA) is 44.8 Å². The van der Waals surface area contributed by atoms with Crippen LogP contribution in [0.2, 0.25) is 0 Å². The normalized spacial score (nSPS) is 11.2. The number of rotatable bonds is 4. The maximum atomic E-state index is 4.48. The van der Waals surface area contributed by atoms with Crippen LogP contribution in [0.5, 0.6) is 0 Å². The maximum Gasteiger partial charge on any atom is 0.129 e. The standard InChI is InChI=1S/C14H20N4/c1-10(2)18(11(3)4)14-7-12(5-6-16-14)13-8-15-9-17-13/h5-11H,1-4H3,(H,15,17). The first-order valence-electron chi connectivity index (χ1n) is 6.33. The predicted molar refractivity (Wildman–Crippen MR) is 74.6 cm³/mol. The van der Waals surface area contributed by atoms with Crippen molar-refractivity contribution in [3.05, 3.63) is 30.9 Å². The highest BCUT2D eigenvalue weighted by molar-refractivity contribution is 5.62. The van der Waals surface area contributed by atoms with Crippen LogP contribution in [0, 0.1) is 0 Å². The Morgan fingerprint density at radius 1 is 1.11 bits per heavy atom. The summed E-state index contributed by atoms with van der Waals surface area (Å²) in [6, 6.07) is 4.92. The Labute approximate surface area is 108 Å². The van der Waals surface area contributed by atoms with Crippen LogP contribution in [0.25, 0.3) is 11.3 Å². The van der Waals surface area contributed by atoms with Crippen LogP contribution in [-0.4, -0.2) is 27.0 Å². The Hall–Kier alpha value is -1.84. The van der Waals surface area contributed by atoms with Gasteiger partial charge >= 0.3 is 0 Å². The van der Waals surface area contributed by atoms with Crippen molar-refractivity contribution in [3.63, 3.8) is 0 Å². The highest BCUT2D eigenvalue weighted by Gasteiger charge is 2.16. The lowest BCUT2D eigenvalue weighted by Crippen LogP contribution is -2.37. The number of nitrogens with zero attached hydrogens (tertiary/aromatic N) is 3. The van der Waals surface area contributed by atoms with Gasteiger partial charge in [0.05, 0.1) is 12.0 Å². The summed E-state index contributed by atoms with van der Waals surface area (Å²) in [4.78, 5) is 14.0. The zero-order valence-electron chi connectivity index (χ0n) is 11.4. The second-order valence-electron chi connectivity index (χ2n) is 4.95. The molecule has 0 saturated carbocycles. The van der Waals surface area contributed by atoms with Crippen LogP contribution in [0.1, 0.15) is 27.7 Å². The van der Waals surface area contributed by atoms with Gasteiger partial charge in [0, 0.05) is 30.0 Å². The van der Waals surface area contributed by atoms with Crippen molar-refractivity contribution in [2.24, 2.45) is 0 Å². The van der Waals surface area contributed by atoms with E-state index in [0.717, 1.165) is 17.1 Å². The summed E-state index contributed by atoms with van der Waals surface area (Å²) in [7, 11) is 0. The van der Waals surface area contributed by atoms with Crippen LogP contribution in [0.4, 0.5) is 5.82 Å². The van der Waals surface area contributed by atoms with Crippen molar-refractivity contribution in [2.45, 2.75) is 39.8 Å². The molecular formula is C14H20N4. The van der Waals surface area contributed by atoms with Crippen molar-refractivity contribution in [2.75, 3.05) is 4.90 Å². The monoisotopic (exact) mass is 244 g/mol. The highest BCUT2D eigenvalue weighted by atomic mass is 15.2. The number of H-pyrrole nitrogens is 1. The average molecular weight is 244 g/mol. The minimum absolute atomic E-state index is 0.423. The Bertz CT molecular complexity index is 480. The van der Waals surface area contributed by atoms with Crippen molar-refractivity contribution in [1.29, 1.82) is 0 Å². The molecule has 0 unspecified atom stereocenters. The SMILES string of the molecule is CC(C)N(c1cc(-c2c[nH]cn2)ccn1)C(C)C. The van der Waals surface area contributed by atoms with Crippen LogP contribution in [0.15, 0.2) is 30.9 Å². The third-order valence-electron chi connectivity index (χ3n) is 2.92. The van der Waals surface area contributed by atoms with E-state index in [2.05, 4.69) is 53.6 Å². The molecule has 0 atom stereocenters. The summed E-state index contributed by atoms with van der Waals surface area (Å²) in [5.41, 5.74) is 2.04. The number of pyridine rings is 1. The molecule has 0 aromatic carbocycles. The minimum Gasteiger partial charge on any atom is -0.352 e. The number of aromatic nitrogens is 3. The molecule has 0 aliphatic rings. The number of imidazole rings is 1. The van der Waals surface area contributed by atoms with Crippen molar-refractivity contribution >= 4 is 5.82 Å². The van der Waals surface area contributed by atoms with E-state index in [1.54, 1.807) is 6.33 Å². The molecule has 0 bridgehead atoms. The summed E-state index contributed by atoms with van der Waals surface area (Å²) in [6.45, 7) is 8.73. The van der Waals surface area contributed by atoms with Gasteiger partial charge in [0.15, 0.2) is 0 Å². The molecule has 0 saturated heterocycles. The molecule has 2 aromatic rings. The number of nitrogens with one attached hydrogen (secondary N) is 1. The van der Waals surface area contributed by atoms with Gasteiger partial charge < -0.3 is 9.88 Å². The molecule has 4 nitrogen and oxygen atoms in total. The fourth-order valence-electron chi connectivity index (χ4n) is 2.26. The smallest absolute Gasteiger partial charge is 0.129 e. The van der Waals surface area contributed by atoms with Crippen LogP contribution in [-0.2, 0) is 0 Å². The molecule has 0 amide bonds. The summed E-state index contributed by atoms with van der Waals surface area (Å²) in [5.74, 6) is 1.00. The van der Waals surface area contributed by atoms with Gasteiger partial charge in [-0.15, -0.1) is 0 Å². The minimum atomic E-state index is 0.423. The van der Waals surface area contributed by atoms with Crippen LogP contribution < -0.4 is 4.90 Å². The first kappa shape index (κ1) is 12.6. The second-order valence-corrected chi connectivity index (χ2v) is 4.95. The molecule has 2 aromatic heterocycles. The Morgan fingerprint density at radius 3 is 2.39 bits per heavy atom. The summed E-state index contributed by atoms with van der Waals surface area (Å²) < 4.78 is 0. The maximum absolute atomic E-state index is 4.48. The van der Waals surface area contributed by atoms with Crippen LogP contribution in [0.3, 0.4) is 0 Å². The van der Waals surface area contributed by atoms with E-state index in [1.165, 1.54) is 0 Å². The molecule has 96 valence electrons. The van der Waals surface area contributed by atoms with Gasteiger partial charge in [-0.25, -0.2) is 9.97 Å². The number of hydrogen-bond acceptors (Lipinski definition) is 3. The molecule has 2 rings (SSSR count). The van der Waals surface area contributed by atoms with Gasteiger partial charge in [-0.2, -0.15) is 0 Å². The lowest BCUT2D eigenvalue weighted by Gasteiger charge is -2.32. The summed E-state index contributed by atoms with van der Waals surface area (Å²) in [5, 5.41) is 0. The van der Waals surface area contributed by atoms with Gasteiger partial charge in [0.2, 0.25) is 0 Å². The van der Waals surface area contributed by atoms with Crippen molar-refractivity contribution < 1.29 is 0 Å². The zero-order valence-corrected chi connectivity index (χ0v) is 11.4. The Balaban J connectivity index is 2.37. The van der Waals surface area contributed by atoms with Gasteiger partial charge in [-0.05, 0) is 39.8 Å². The molecule has 0 fully saturated rings. The van der Waals surface area contributed by atoms with Crippen LogP contribution >= 0.6 is 0 Å². The summed E-state index contributed by atoms with van der Waals surface area (Å²) >= 11 is 0. The van der Waals surface area contributed by atoms with Crippen molar-refractivity contribution in [3.8, 4) is 11.3 Å². The van der Waals surface area contributed by atoms with E-state index < -0.39 is 0 Å². The van der Waals surface area contributed by atoms with E-state index in [0.29, 0.717) is 12.1 Å². The molecule has 0 aliphatic heterocycles. The van der Waals surface area contributed by atoms with Gasteiger partial charge in [-0.1, -0.05) is 0 Å². The first-order chi connectivity index (χ1) is 8.59. The second kappa shape index (κ2) is 5.21. The molecular weight excluding hydrogens is 224 g/mol. The molecule has 2 heterocycles. The molecule has 1 N–H and O–H groups in total. The van der Waals surface area contributed by atoms with Gasteiger partial charge in [0.1, 0.15) is 5.82 Å². The third-order valence-corrected chi connectivity index (χ3v) is 2.92. The zero-order chi connectivity index (χ0) is 13.1. The third kappa shape index (κ3) is 2.53. The Morgan fingerprint density at radius 2 is 1.83 bits per heavy atom. The quantitative estimate of drug-likeness (QED) is 0.898. The van der Waals surface area contributed by atoms with Crippen molar-refractivity contribution in [1.82, 2.24) is 15.0 Å². The van der Waals surface area contributed by atoms with E-state index in [1.807, 2.05) is 18.5 Å². The van der Waals surface area contributed by atoms with Gasteiger partial charge in [0.25, 0.3) is 0 Å². The molecule has 18 heavy (non-hydrogen) atoms. The van der Waals surface area contributed by atoms with E-state index in [9.17, 15) is 0 Å². The molecule has 0 radical (unpaired) electrons. The largest absolute Gasteiger partial charge is 0.352 e.